The van der Waals surface area contributed by atoms with Gasteiger partial charge in [-0.1, -0.05) is 0 Å². The molecule has 2 fully saturated rings. The number of hydrogen-bond acceptors (Lipinski definition) is 4. The van der Waals surface area contributed by atoms with Gasteiger partial charge in [0, 0.05) is 35.9 Å². The third-order valence-corrected chi connectivity index (χ3v) is 5.62. The molecule has 1 atom stereocenters. The number of carbonyl (C=O) groups is 2. The lowest BCUT2D eigenvalue weighted by Gasteiger charge is -2.36. The largest absolute Gasteiger partial charge is 0.378 e. The Morgan fingerprint density at radius 2 is 1.91 bits per heavy atom. The molecule has 23 heavy (non-hydrogen) atoms. The van der Waals surface area contributed by atoms with Crippen LogP contribution >= 0.6 is 11.3 Å². The Labute approximate surface area is 141 Å². The molecule has 3 rings (SSSR count). The summed E-state index contributed by atoms with van der Waals surface area (Å²) in [6, 6.07) is 1.97. The van der Waals surface area contributed by atoms with Gasteiger partial charge in [-0.25, -0.2) is 0 Å². The summed E-state index contributed by atoms with van der Waals surface area (Å²) in [6.07, 6.45) is 1.77. The highest BCUT2D eigenvalue weighted by atomic mass is 32.1. The first-order valence-electron chi connectivity index (χ1n) is 8.29. The lowest BCUT2D eigenvalue weighted by Crippen LogP contribution is -2.49. The number of aryl methyl sites for hydroxylation is 2. The number of carbonyl (C=O) groups excluding carboxylic acids is 2. The van der Waals surface area contributed by atoms with Crippen molar-refractivity contribution in [3.63, 3.8) is 0 Å². The summed E-state index contributed by atoms with van der Waals surface area (Å²) in [6.45, 7) is 7.89. The van der Waals surface area contributed by atoms with Gasteiger partial charge in [-0.3, -0.25) is 9.59 Å². The zero-order valence-corrected chi connectivity index (χ0v) is 14.7. The number of morpholine rings is 1. The number of hydrogen-bond donors (Lipinski definition) is 0. The van der Waals surface area contributed by atoms with E-state index in [1.807, 2.05) is 29.7 Å². The fraction of sp³-hybridized carbons (Fsp3) is 0.647. The van der Waals surface area contributed by atoms with Gasteiger partial charge in [-0.15, -0.1) is 11.3 Å². The van der Waals surface area contributed by atoms with Crippen LogP contribution in [-0.4, -0.2) is 61.0 Å². The van der Waals surface area contributed by atoms with Crippen LogP contribution in [0.2, 0.25) is 0 Å². The quantitative estimate of drug-likeness (QED) is 0.831. The molecule has 2 saturated heterocycles. The zero-order chi connectivity index (χ0) is 16.4. The summed E-state index contributed by atoms with van der Waals surface area (Å²) in [7, 11) is 0. The highest BCUT2D eigenvalue weighted by Crippen LogP contribution is 2.25. The molecule has 1 aromatic heterocycles. The van der Waals surface area contributed by atoms with Gasteiger partial charge in [0.25, 0.3) is 5.91 Å². The Hall–Kier alpha value is -1.40. The molecule has 1 unspecified atom stereocenters. The first kappa shape index (κ1) is 16.5. The zero-order valence-electron chi connectivity index (χ0n) is 13.8. The van der Waals surface area contributed by atoms with Crippen molar-refractivity contribution < 1.29 is 14.3 Å². The van der Waals surface area contributed by atoms with Gasteiger partial charge in [0.2, 0.25) is 5.91 Å². The highest BCUT2D eigenvalue weighted by molar-refractivity contribution is 7.12. The summed E-state index contributed by atoms with van der Waals surface area (Å²) in [4.78, 5) is 31.4. The Kier molecular flexibility index (Phi) is 5.02. The second-order valence-electron chi connectivity index (χ2n) is 6.35. The van der Waals surface area contributed by atoms with E-state index in [-0.39, 0.29) is 17.7 Å². The number of piperidine rings is 1. The van der Waals surface area contributed by atoms with Crippen molar-refractivity contribution >= 4 is 23.2 Å². The Morgan fingerprint density at radius 3 is 2.57 bits per heavy atom. The van der Waals surface area contributed by atoms with Crippen LogP contribution in [0.15, 0.2) is 6.07 Å². The van der Waals surface area contributed by atoms with Crippen LogP contribution in [0.1, 0.15) is 33.0 Å². The molecule has 5 nitrogen and oxygen atoms in total. The summed E-state index contributed by atoms with van der Waals surface area (Å²) >= 11 is 1.65. The van der Waals surface area contributed by atoms with Gasteiger partial charge in [0.15, 0.2) is 0 Å². The Balaban J connectivity index is 1.66. The maximum Gasteiger partial charge on any atom is 0.255 e. The summed E-state index contributed by atoms with van der Waals surface area (Å²) < 4.78 is 5.31. The number of likely N-dealkylation sites (tertiary alicyclic amines) is 1. The predicted octanol–water partition coefficient (Wildman–Crippen LogP) is 2.08. The molecule has 126 valence electrons. The molecular formula is C17H24N2O3S. The molecule has 1 aromatic rings. The molecular weight excluding hydrogens is 312 g/mol. The number of amides is 2. The van der Waals surface area contributed by atoms with Crippen LogP contribution in [0.4, 0.5) is 0 Å². The monoisotopic (exact) mass is 336 g/mol. The van der Waals surface area contributed by atoms with Crippen molar-refractivity contribution in [2.45, 2.75) is 26.7 Å². The molecule has 2 aliphatic rings. The van der Waals surface area contributed by atoms with Crippen LogP contribution in [0.25, 0.3) is 0 Å². The summed E-state index contributed by atoms with van der Waals surface area (Å²) in [5.74, 6) is 0.196. The number of rotatable bonds is 2. The van der Waals surface area contributed by atoms with Crippen molar-refractivity contribution in [1.29, 1.82) is 0 Å². The van der Waals surface area contributed by atoms with E-state index in [9.17, 15) is 9.59 Å². The first-order chi connectivity index (χ1) is 11.1. The van der Waals surface area contributed by atoms with Gasteiger partial charge in [0.05, 0.1) is 24.7 Å². The maximum absolute atomic E-state index is 12.8. The fourth-order valence-corrected chi connectivity index (χ4v) is 4.33. The second-order valence-corrected chi connectivity index (χ2v) is 7.82. The second kappa shape index (κ2) is 7.01. The number of nitrogens with zero attached hydrogens (tertiary/aromatic N) is 2. The lowest BCUT2D eigenvalue weighted by molar-refractivity contribution is -0.141. The number of thiophene rings is 1. The highest BCUT2D eigenvalue weighted by Gasteiger charge is 2.32. The van der Waals surface area contributed by atoms with Crippen LogP contribution in [0.3, 0.4) is 0 Å². The third kappa shape index (κ3) is 3.58. The lowest BCUT2D eigenvalue weighted by atomic mass is 9.95. The summed E-state index contributed by atoms with van der Waals surface area (Å²) in [5, 5.41) is 0. The van der Waals surface area contributed by atoms with Gasteiger partial charge in [-0.05, 0) is 32.8 Å². The van der Waals surface area contributed by atoms with Crippen LogP contribution in [0.5, 0.6) is 0 Å². The average Bonchev–Trinajstić information content (AvgIpc) is 2.93. The van der Waals surface area contributed by atoms with Crippen LogP contribution in [0, 0.1) is 19.8 Å². The van der Waals surface area contributed by atoms with Gasteiger partial charge in [-0.2, -0.15) is 0 Å². The molecule has 6 heteroatoms. The molecule has 0 bridgehead atoms. The van der Waals surface area contributed by atoms with Gasteiger partial charge in [0.1, 0.15) is 0 Å². The van der Waals surface area contributed by atoms with Crippen molar-refractivity contribution in [1.82, 2.24) is 9.80 Å². The minimum Gasteiger partial charge on any atom is -0.378 e. The molecule has 0 aromatic carbocycles. The van der Waals surface area contributed by atoms with Gasteiger partial charge < -0.3 is 14.5 Å². The Morgan fingerprint density at radius 1 is 1.17 bits per heavy atom. The van der Waals surface area contributed by atoms with E-state index < -0.39 is 0 Å². The van der Waals surface area contributed by atoms with Crippen LogP contribution < -0.4 is 0 Å². The predicted molar refractivity (Wildman–Crippen MR) is 89.8 cm³/mol. The molecule has 0 saturated carbocycles. The first-order valence-corrected chi connectivity index (χ1v) is 9.10. The summed E-state index contributed by atoms with van der Waals surface area (Å²) in [5.41, 5.74) is 0.798. The smallest absolute Gasteiger partial charge is 0.255 e. The standard InChI is InChI=1S/C17H24N2O3S/c1-12-10-15(13(2)23-12)17(21)19-5-3-4-14(11-19)16(20)18-6-8-22-9-7-18/h10,14H,3-9,11H2,1-2H3. The van der Waals surface area contributed by atoms with E-state index >= 15 is 0 Å². The van der Waals surface area contributed by atoms with E-state index in [4.69, 9.17) is 4.74 Å². The van der Waals surface area contributed by atoms with Crippen LogP contribution in [-0.2, 0) is 9.53 Å². The molecule has 3 heterocycles. The third-order valence-electron chi connectivity index (χ3n) is 4.65. The number of ether oxygens (including phenoxy) is 1. The minimum absolute atomic E-state index is 0.0640. The molecule has 0 radical (unpaired) electrons. The SMILES string of the molecule is Cc1cc(C(=O)N2CCCC(C(=O)N3CCOCC3)C2)c(C)s1. The van der Waals surface area contributed by atoms with Gasteiger partial charge >= 0.3 is 0 Å². The molecule has 0 aliphatic carbocycles. The Bertz CT molecular complexity index is 593. The molecule has 0 N–H and O–H groups in total. The molecule has 2 amide bonds. The normalized spacial score (nSPS) is 22.3. The topological polar surface area (TPSA) is 49.9 Å². The average molecular weight is 336 g/mol. The van der Waals surface area contributed by atoms with E-state index in [0.717, 1.165) is 34.7 Å². The fourth-order valence-electron chi connectivity index (χ4n) is 3.42. The maximum atomic E-state index is 12.8. The minimum atomic E-state index is -0.0640. The van der Waals surface area contributed by atoms with Crippen molar-refractivity contribution in [2.75, 3.05) is 39.4 Å². The van der Waals surface area contributed by atoms with Crippen molar-refractivity contribution in [2.24, 2.45) is 5.92 Å². The van der Waals surface area contributed by atoms with E-state index in [1.54, 1.807) is 11.3 Å². The van der Waals surface area contributed by atoms with Crippen molar-refractivity contribution in [3.05, 3.63) is 21.4 Å². The molecule has 2 aliphatic heterocycles. The molecule has 0 spiro atoms. The van der Waals surface area contributed by atoms with E-state index in [2.05, 4.69) is 0 Å². The van der Waals surface area contributed by atoms with E-state index in [0.29, 0.717) is 32.8 Å². The van der Waals surface area contributed by atoms with E-state index in [1.165, 1.54) is 0 Å². The van der Waals surface area contributed by atoms with Crippen molar-refractivity contribution in [3.8, 4) is 0 Å².